The molecule has 5 nitrogen and oxygen atoms in total. The molecule has 6 heteroatoms. The molecule has 0 aliphatic carbocycles. The maximum Gasteiger partial charge on any atom is 0.227 e. The van der Waals surface area contributed by atoms with Gasteiger partial charge in [0.05, 0.1) is 37.0 Å². The lowest BCUT2D eigenvalue weighted by molar-refractivity contribution is -0.116. The molecule has 2 aromatic rings. The summed E-state index contributed by atoms with van der Waals surface area (Å²) in [6.45, 7) is 3.40. The predicted molar refractivity (Wildman–Crippen MR) is 99.7 cm³/mol. The Morgan fingerprint density at radius 2 is 1.92 bits per heavy atom. The number of morpholine rings is 1. The molecule has 0 unspecified atom stereocenters. The van der Waals surface area contributed by atoms with Crippen molar-refractivity contribution in [3.8, 4) is 5.75 Å². The van der Waals surface area contributed by atoms with Crippen LogP contribution in [0.15, 0.2) is 48.5 Å². The zero-order valence-corrected chi connectivity index (χ0v) is 14.7. The van der Waals surface area contributed by atoms with Crippen LogP contribution in [0.2, 0.25) is 5.02 Å². The van der Waals surface area contributed by atoms with Crippen molar-refractivity contribution < 1.29 is 14.3 Å². The van der Waals surface area contributed by atoms with Crippen LogP contribution in [0.3, 0.4) is 0 Å². The fourth-order valence-corrected chi connectivity index (χ4v) is 2.78. The maximum absolute atomic E-state index is 12.2. The average Bonchev–Trinajstić information content (AvgIpc) is 2.65. The molecular formula is C19H21ClN2O3. The molecule has 0 radical (unpaired) electrons. The SMILES string of the molecule is O=C(CCOc1ccccc1)Nc1cc(N2CCOCC2)ccc1Cl. The molecule has 1 aliphatic heterocycles. The van der Waals surface area contributed by atoms with E-state index in [0.29, 0.717) is 30.5 Å². The van der Waals surface area contributed by atoms with Crippen LogP contribution in [0, 0.1) is 0 Å². The fourth-order valence-electron chi connectivity index (χ4n) is 2.62. The first kappa shape index (κ1) is 17.6. The van der Waals surface area contributed by atoms with Crippen molar-refractivity contribution in [1.29, 1.82) is 0 Å². The van der Waals surface area contributed by atoms with Crippen molar-refractivity contribution in [2.24, 2.45) is 0 Å². The van der Waals surface area contributed by atoms with Gasteiger partial charge in [0.25, 0.3) is 0 Å². The molecular weight excluding hydrogens is 340 g/mol. The quantitative estimate of drug-likeness (QED) is 0.855. The van der Waals surface area contributed by atoms with Crippen LogP contribution in [0.5, 0.6) is 5.75 Å². The van der Waals surface area contributed by atoms with Gasteiger partial charge in [0.15, 0.2) is 0 Å². The van der Waals surface area contributed by atoms with Gasteiger partial charge in [0.1, 0.15) is 5.75 Å². The van der Waals surface area contributed by atoms with Crippen molar-refractivity contribution in [3.63, 3.8) is 0 Å². The molecule has 1 aliphatic rings. The summed E-state index contributed by atoms with van der Waals surface area (Å²) in [6, 6.07) is 15.1. The Balaban J connectivity index is 1.55. The van der Waals surface area contributed by atoms with Crippen molar-refractivity contribution >= 4 is 28.9 Å². The van der Waals surface area contributed by atoms with Crippen LogP contribution in [-0.2, 0) is 9.53 Å². The number of rotatable bonds is 6. The third-order valence-electron chi connectivity index (χ3n) is 3.94. The van der Waals surface area contributed by atoms with Crippen molar-refractivity contribution in [2.75, 3.05) is 43.1 Å². The molecule has 2 aromatic carbocycles. The summed E-state index contributed by atoms with van der Waals surface area (Å²) < 4.78 is 10.9. The highest BCUT2D eigenvalue weighted by molar-refractivity contribution is 6.33. The highest BCUT2D eigenvalue weighted by Crippen LogP contribution is 2.28. The normalized spacial score (nSPS) is 14.2. The minimum absolute atomic E-state index is 0.128. The number of amides is 1. The molecule has 1 saturated heterocycles. The molecule has 1 fully saturated rings. The van der Waals surface area contributed by atoms with E-state index in [1.165, 1.54) is 0 Å². The lowest BCUT2D eigenvalue weighted by Gasteiger charge is -2.29. The van der Waals surface area contributed by atoms with Gasteiger partial charge in [-0.25, -0.2) is 0 Å². The standard InChI is InChI=1S/C19H21ClN2O3/c20-17-7-6-15(22-9-12-24-13-10-22)14-18(17)21-19(23)8-11-25-16-4-2-1-3-5-16/h1-7,14H,8-13H2,(H,21,23). The fraction of sp³-hybridized carbons (Fsp3) is 0.316. The summed E-state index contributed by atoms with van der Waals surface area (Å²) in [5.74, 6) is 0.625. The zero-order chi connectivity index (χ0) is 17.5. The third-order valence-corrected chi connectivity index (χ3v) is 4.27. The van der Waals surface area contributed by atoms with E-state index in [0.717, 1.165) is 24.5 Å². The van der Waals surface area contributed by atoms with Gasteiger partial charge in [-0.15, -0.1) is 0 Å². The summed E-state index contributed by atoms with van der Waals surface area (Å²) in [6.07, 6.45) is 0.257. The number of hydrogen-bond acceptors (Lipinski definition) is 4. The number of anilines is 2. The van der Waals surface area contributed by atoms with Crippen LogP contribution in [-0.4, -0.2) is 38.8 Å². The van der Waals surface area contributed by atoms with Crippen LogP contribution in [0.4, 0.5) is 11.4 Å². The Bertz CT molecular complexity index is 703. The van der Waals surface area contributed by atoms with Crippen LogP contribution in [0.25, 0.3) is 0 Å². The molecule has 0 atom stereocenters. The molecule has 0 bridgehead atoms. The molecule has 0 saturated carbocycles. The minimum atomic E-state index is -0.128. The molecule has 1 amide bonds. The highest BCUT2D eigenvalue weighted by atomic mass is 35.5. The van der Waals surface area contributed by atoms with E-state index in [2.05, 4.69) is 10.2 Å². The number of hydrogen-bond donors (Lipinski definition) is 1. The van der Waals surface area contributed by atoms with Gasteiger partial charge in [-0.2, -0.15) is 0 Å². The first-order chi connectivity index (χ1) is 12.2. The molecule has 0 aromatic heterocycles. The molecule has 3 rings (SSSR count). The Hall–Kier alpha value is -2.24. The Morgan fingerprint density at radius 3 is 2.68 bits per heavy atom. The van der Waals surface area contributed by atoms with Gasteiger partial charge in [0, 0.05) is 18.8 Å². The van der Waals surface area contributed by atoms with E-state index in [1.54, 1.807) is 0 Å². The molecule has 1 N–H and O–H groups in total. The summed E-state index contributed by atoms with van der Waals surface area (Å²) in [5.41, 5.74) is 1.65. The van der Waals surface area contributed by atoms with Crippen LogP contribution in [0.1, 0.15) is 6.42 Å². The second-order valence-electron chi connectivity index (χ2n) is 5.72. The van der Waals surface area contributed by atoms with Gasteiger partial charge < -0.3 is 19.7 Å². The molecule has 1 heterocycles. The first-order valence-corrected chi connectivity index (χ1v) is 8.70. The summed E-state index contributed by atoms with van der Waals surface area (Å²) in [5, 5.41) is 3.39. The smallest absolute Gasteiger partial charge is 0.227 e. The van der Waals surface area contributed by atoms with E-state index in [4.69, 9.17) is 21.1 Å². The molecule has 132 valence electrons. The molecule has 0 spiro atoms. The first-order valence-electron chi connectivity index (χ1n) is 8.32. The van der Waals surface area contributed by atoms with Crippen LogP contribution >= 0.6 is 11.6 Å². The van der Waals surface area contributed by atoms with Crippen molar-refractivity contribution in [1.82, 2.24) is 0 Å². The number of nitrogens with one attached hydrogen (secondary N) is 1. The lowest BCUT2D eigenvalue weighted by atomic mass is 10.2. The number of para-hydroxylation sites is 1. The van der Waals surface area contributed by atoms with Crippen molar-refractivity contribution in [3.05, 3.63) is 53.6 Å². The largest absolute Gasteiger partial charge is 0.493 e. The number of nitrogens with zero attached hydrogens (tertiary/aromatic N) is 1. The Labute approximate surface area is 152 Å². The monoisotopic (exact) mass is 360 g/mol. The van der Waals surface area contributed by atoms with E-state index in [-0.39, 0.29) is 12.3 Å². The number of carbonyl (C=O) groups is 1. The van der Waals surface area contributed by atoms with Gasteiger partial charge in [0.2, 0.25) is 5.91 Å². The molecule has 25 heavy (non-hydrogen) atoms. The van der Waals surface area contributed by atoms with E-state index in [1.807, 2.05) is 48.5 Å². The van der Waals surface area contributed by atoms with E-state index in [9.17, 15) is 4.79 Å². The maximum atomic E-state index is 12.2. The third kappa shape index (κ3) is 5.11. The Kier molecular flexibility index (Phi) is 6.14. The topological polar surface area (TPSA) is 50.8 Å². The Morgan fingerprint density at radius 1 is 1.16 bits per heavy atom. The van der Waals surface area contributed by atoms with Gasteiger partial charge in [-0.3, -0.25) is 4.79 Å². The number of benzene rings is 2. The van der Waals surface area contributed by atoms with E-state index < -0.39 is 0 Å². The predicted octanol–water partition coefficient (Wildman–Crippen LogP) is 3.58. The highest BCUT2D eigenvalue weighted by Gasteiger charge is 2.14. The van der Waals surface area contributed by atoms with Gasteiger partial charge >= 0.3 is 0 Å². The minimum Gasteiger partial charge on any atom is -0.493 e. The second kappa shape index (κ2) is 8.74. The zero-order valence-electron chi connectivity index (χ0n) is 13.9. The number of halogens is 1. The summed E-state index contributed by atoms with van der Waals surface area (Å²) >= 11 is 6.22. The van der Waals surface area contributed by atoms with Crippen molar-refractivity contribution in [2.45, 2.75) is 6.42 Å². The lowest BCUT2D eigenvalue weighted by Crippen LogP contribution is -2.36. The average molecular weight is 361 g/mol. The van der Waals surface area contributed by atoms with Gasteiger partial charge in [-0.05, 0) is 30.3 Å². The summed E-state index contributed by atoms with van der Waals surface area (Å²) in [4.78, 5) is 14.4. The van der Waals surface area contributed by atoms with E-state index >= 15 is 0 Å². The summed E-state index contributed by atoms with van der Waals surface area (Å²) in [7, 11) is 0. The van der Waals surface area contributed by atoms with Gasteiger partial charge in [-0.1, -0.05) is 29.8 Å². The number of ether oxygens (including phenoxy) is 2. The number of carbonyl (C=O) groups excluding carboxylic acids is 1. The van der Waals surface area contributed by atoms with Crippen LogP contribution < -0.4 is 15.0 Å². The second-order valence-corrected chi connectivity index (χ2v) is 6.13.